The van der Waals surface area contributed by atoms with E-state index in [2.05, 4.69) is 15.2 Å². The number of nitriles is 1. The van der Waals surface area contributed by atoms with E-state index < -0.39 is 0 Å². The molecule has 2 aliphatic rings. The van der Waals surface area contributed by atoms with Crippen LogP contribution in [0.2, 0.25) is 0 Å². The number of aromatic nitrogens is 1. The molecule has 1 aromatic rings. The van der Waals surface area contributed by atoms with Gasteiger partial charge in [0.25, 0.3) is 0 Å². The number of ether oxygens (including phenoxy) is 1. The number of pyridine rings is 1. The summed E-state index contributed by atoms with van der Waals surface area (Å²) in [6.45, 7) is 5.42. The van der Waals surface area contributed by atoms with Gasteiger partial charge < -0.3 is 15.0 Å². The molecule has 0 bridgehead atoms. The van der Waals surface area contributed by atoms with E-state index in [9.17, 15) is 4.79 Å². The van der Waals surface area contributed by atoms with E-state index in [-0.39, 0.29) is 12.1 Å². The molecular formula is C16H22N6O2. The number of likely N-dealkylation sites (N-methyl/N-ethyl adjacent to an activating group) is 1. The zero-order chi connectivity index (χ0) is 17.1. The zero-order valence-corrected chi connectivity index (χ0v) is 14.0. The molecule has 0 aromatic carbocycles. The highest BCUT2D eigenvalue weighted by atomic mass is 16.5. The van der Waals surface area contributed by atoms with Crippen molar-refractivity contribution < 1.29 is 9.53 Å². The largest absolute Gasteiger partial charge is 0.495 e. The number of hydrogen-bond acceptors (Lipinski definition) is 6. The Balaban J connectivity index is 1.75. The molecule has 128 valence electrons. The van der Waals surface area contributed by atoms with Crippen LogP contribution in [0.3, 0.4) is 0 Å². The number of nitrogens with zero attached hydrogens (tertiary/aromatic N) is 5. The van der Waals surface area contributed by atoms with Crippen LogP contribution < -0.4 is 15.0 Å². The Kier molecular flexibility index (Phi) is 4.83. The summed E-state index contributed by atoms with van der Waals surface area (Å²) in [7, 11) is 3.33. The molecule has 3 heterocycles. The Labute approximate surface area is 141 Å². The van der Waals surface area contributed by atoms with Crippen molar-refractivity contribution in [2.45, 2.75) is 6.04 Å². The van der Waals surface area contributed by atoms with Crippen molar-refractivity contribution in [2.24, 2.45) is 0 Å². The third kappa shape index (κ3) is 3.13. The van der Waals surface area contributed by atoms with Gasteiger partial charge in [-0.15, -0.1) is 0 Å². The number of methoxy groups -OCH3 is 1. The van der Waals surface area contributed by atoms with Crippen LogP contribution in [0.4, 0.5) is 10.6 Å². The average Bonchev–Trinajstić information content (AvgIpc) is 2.90. The number of hydrogen-bond donors (Lipinski definition) is 1. The van der Waals surface area contributed by atoms with Crippen molar-refractivity contribution in [1.29, 1.82) is 5.26 Å². The van der Waals surface area contributed by atoms with Crippen LogP contribution in [-0.2, 0) is 0 Å². The normalized spacial score (nSPS) is 21.9. The van der Waals surface area contributed by atoms with Crippen molar-refractivity contribution >= 4 is 11.8 Å². The molecule has 1 N–H and O–H groups in total. The van der Waals surface area contributed by atoms with Crippen molar-refractivity contribution in [1.82, 2.24) is 20.1 Å². The van der Waals surface area contributed by atoms with E-state index in [4.69, 9.17) is 10.00 Å². The molecule has 2 saturated heterocycles. The summed E-state index contributed by atoms with van der Waals surface area (Å²) in [5.74, 6) is 0.953. The van der Waals surface area contributed by atoms with E-state index in [0.717, 1.165) is 32.7 Å². The minimum Gasteiger partial charge on any atom is -0.495 e. The van der Waals surface area contributed by atoms with Gasteiger partial charge in [0, 0.05) is 45.8 Å². The third-order valence-electron chi connectivity index (χ3n) is 4.62. The number of urea groups is 1. The van der Waals surface area contributed by atoms with Gasteiger partial charge >= 0.3 is 6.03 Å². The van der Waals surface area contributed by atoms with Crippen LogP contribution >= 0.6 is 0 Å². The standard InChI is InChI=1S/C16H22N6O2/c1-20-13(10-21-5-3-18-4-6-21)11-22(16(20)23)15-7-14(24-2)12(8-17)9-19-15/h7,9,13,18H,3-6,10-11H2,1-2H3. The molecule has 0 saturated carbocycles. The van der Waals surface area contributed by atoms with Gasteiger partial charge in [-0.3, -0.25) is 9.80 Å². The van der Waals surface area contributed by atoms with Crippen molar-refractivity contribution in [2.75, 3.05) is 58.3 Å². The predicted molar refractivity (Wildman–Crippen MR) is 89.1 cm³/mol. The minimum atomic E-state index is -0.0746. The quantitative estimate of drug-likeness (QED) is 0.843. The van der Waals surface area contributed by atoms with E-state index in [1.54, 1.807) is 15.9 Å². The molecule has 8 heteroatoms. The lowest BCUT2D eigenvalue weighted by Gasteiger charge is -2.31. The highest BCUT2D eigenvalue weighted by Crippen LogP contribution is 2.26. The number of carbonyl (C=O) groups is 1. The lowest BCUT2D eigenvalue weighted by atomic mass is 10.2. The fraction of sp³-hybridized carbons (Fsp3) is 0.562. The van der Waals surface area contributed by atoms with Gasteiger partial charge in [-0.2, -0.15) is 5.26 Å². The van der Waals surface area contributed by atoms with E-state index in [0.29, 0.717) is 23.7 Å². The Hall–Kier alpha value is -2.37. The Bertz CT molecular complexity index is 652. The molecule has 2 aliphatic heterocycles. The molecule has 1 aromatic heterocycles. The number of anilines is 1. The average molecular weight is 330 g/mol. The number of nitrogens with one attached hydrogen (secondary N) is 1. The van der Waals surface area contributed by atoms with Crippen LogP contribution in [-0.4, -0.2) is 80.3 Å². The molecule has 1 unspecified atom stereocenters. The topological polar surface area (TPSA) is 84.7 Å². The van der Waals surface area contributed by atoms with Gasteiger partial charge in [0.2, 0.25) is 0 Å². The number of piperazine rings is 1. The van der Waals surface area contributed by atoms with E-state index >= 15 is 0 Å². The number of carbonyl (C=O) groups excluding carboxylic acids is 1. The van der Waals surface area contributed by atoms with E-state index in [1.165, 1.54) is 13.3 Å². The lowest BCUT2D eigenvalue weighted by molar-refractivity contribution is 0.178. The fourth-order valence-electron chi connectivity index (χ4n) is 3.15. The molecule has 24 heavy (non-hydrogen) atoms. The number of amides is 2. The summed E-state index contributed by atoms with van der Waals surface area (Å²) >= 11 is 0. The maximum absolute atomic E-state index is 12.6. The second-order valence-electron chi connectivity index (χ2n) is 6.06. The molecular weight excluding hydrogens is 308 g/mol. The van der Waals surface area contributed by atoms with Crippen molar-refractivity contribution in [3.8, 4) is 11.8 Å². The molecule has 0 radical (unpaired) electrons. The molecule has 3 rings (SSSR count). The van der Waals surface area contributed by atoms with Crippen LogP contribution in [0.15, 0.2) is 12.3 Å². The molecule has 2 fully saturated rings. The molecule has 0 spiro atoms. The highest BCUT2D eigenvalue weighted by molar-refractivity contribution is 5.93. The van der Waals surface area contributed by atoms with E-state index in [1.807, 2.05) is 13.1 Å². The maximum atomic E-state index is 12.6. The first-order chi connectivity index (χ1) is 11.6. The summed E-state index contributed by atoms with van der Waals surface area (Å²) in [6, 6.07) is 3.73. The first kappa shape index (κ1) is 16.5. The van der Waals surface area contributed by atoms with Gasteiger partial charge in [0.1, 0.15) is 23.2 Å². The molecule has 1 atom stereocenters. The second kappa shape index (κ2) is 7.03. The van der Waals surface area contributed by atoms with Crippen LogP contribution in [0.5, 0.6) is 5.75 Å². The Morgan fingerprint density at radius 1 is 1.46 bits per heavy atom. The fourth-order valence-corrected chi connectivity index (χ4v) is 3.15. The predicted octanol–water partition coefficient (Wildman–Crippen LogP) is 0.107. The summed E-state index contributed by atoms with van der Waals surface area (Å²) in [4.78, 5) is 22.6. The summed E-state index contributed by atoms with van der Waals surface area (Å²) in [5.41, 5.74) is 0.360. The van der Waals surface area contributed by atoms with Crippen LogP contribution in [0.1, 0.15) is 5.56 Å². The first-order valence-electron chi connectivity index (χ1n) is 8.05. The summed E-state index contributed by atoms with van der Waals surface area (Å²) < 4.78 is 5.22. The molecule has 2 amide bonds. The van der Waals surface area contributed by atoms with Gasteiger partial charge in [-0.25, -0.2) is 9.78 Å². The SMILES string of the molecule is COc1cc(N2CC(CN3CCNCC3)N(C)C2=O)ncc1C#N. The number of rotatable bonds is 4. The van der Waals surface area contributed by atoms with Crippen LogP contribution in [0, 0.1) is 11.3 Å². The third-order valence-corrected chi connectivity index (χ3v) is 4.62. The van der Waals surface area contributed by atoms with Gasteiger partial charge in [0.05, 0.1) is 25.9 Å². The lowest BCUT2D eigenvalue weighted by Crippen LogP contribution is -2.49. The highest BCUT2D eigenvalue weighted by Gasteiger charge is 2.37. The maximum Gasteiger partial charge on any atom is 0.325 e. The Morgan fingerprint density at radius 3 is 2.88 bits per heavy atom. The second-order valence-corrected chi connectivity index (χ2v) is 6.06. The summed E-state index contributed by atoms with van der Waals surface area (Å²) in [5, 5.41) is 12.4. The smallest absolute Gasteiger partial charge is 0.325 e. The zero-order valence-electron chi connectivity index (χ0n) is 14.0. The molecule has 8 nitrogen and oxygen atoms in total. The molecule has 0 aliphatic carbocycles. The van der Waals surface area contributed by atoms with Gasteiger partial charge in [0.15, 0.2) is 0 Å². The van der Waals surface area contributed by atoms with Gasteiger partial charge in [-0.05, 0) is 0 Å². The van der Waals surface area contributed by atoms with Crippen molar-refractivity contribution in [3.63, 3.8) is 0 Å². The van der Waals surface area contributed by atoms with Crippen molar-refractivity contribution in [3.05, 3.63) is 17.8 Å². The Morgan fingerprint density at radius 2 is 2.21 bits per heavy atom. The summed E-state index contributed by atoms with van der Waals surface area (Å²) in [6.07, 6.45) is 1.45. The minimum absolute atomic E-state index is 0.0746. The van der Waals surface area contributed by atoms with Gasteiger partial charge in [-0.1, -0.05) is 0 Å². The first-order valence-corrected chi connectivity index (χ1v) is 8.05. The van der Waals surface area contributed by atoms with Crippen LogP contribution in [0.25, 0.3) is 0 Å². The monoisotopic (exact) mass is 330 g/mol.